The van der Waals surface area contributed by atoms with Gasteiger partial charge in [0.25, 0.3) is 5.91 Å². The number of carbonyl (C=O) groups is 1. The quantitative estimate of drug-likeness (QED) is 0.682. The molecule has 6 heteroatoms. The van der Waals surface area contributed by atoms with Crippen LogP contribution in [-0.2, 0) is 19.5 Å². The van der Waals surface area contributed by atoms with Gasteiger partial charge in [0.1, 0.15) is 0 Å². The molecule has 0 fully saturated rings. The summed E-state index contributed by atoms with van der Waals surface area (Å²) >= 11 is 0. The van der Waals surface area contributed by atoms with E-state index >= 15 is 0 Å². The first-order chi connectivity index (χ1) is 14.6. The fourth-order valence-corrected chi connectivity index (χ4v) is 3.98. The first-order valence-corrected chi connectivity index (χ1v) is 10.7. The maximum Gasteiger partial charge on any atom is 0.273 e. The van der Waals surface area contributed by atoms with Crippen molar-refractivity contribution in [2.45, 2.75) is 52.7 Å². The van der Waals surface area contributed by atoms with E-state index in [-0.39, 0.29) is 11.9 Å². The molecule has 2 aromatic carbocycles. The van der Waals surface area contributed by atoms with Gasteiger partial charge >= 0.3 is 0 Å². The van der Waals surface area contributed by atoms with Crippen molar-refractivity contribution in [2.75, 3.05) is 6.54 Å². The zero-order chi connectivity index (χ0) is 21.1. The van der Waals surface area contributed by atoms with Gasteiger partial charge in [0, 0.05) is 25.7 Å². The molecule has 3 aromatic rings. The Bertz CT molecular complexity index is 1030. The SMILES string of the molecule is CC[C@H](C)NC(=O)c1nnn(-c2cccc3c2CCN(Cc2ccccc2)C3)c1C. The van der Waals surface area contributed by atoms with E-state index in [9.17, 15) is 4.79 Å². The van der Waals surface area contributed by atoms with Gasteiger partial charge < -0.3 is 5.32 Å². The highest BCUT2D eigenvalue weighted by molar-refractivity contribution is 5.93. The topological polar surface area (TPSA) is 63.1 Å². The molecule has 1 aromatic heterocycles. The summed E-state index contributed by atoms with van der Waals surface area (Å²) in [6.07, 6.45) is 1.83. The van der Waals surface area contributed by atoms with Crippen LogP contribution < -0.4 is 5.32 Å². The molecule has 1 aliphatic rings. The lowest BCUT2D eigenvalue weighted by Gasteiger charge is -2.30. The number of aromatic nitrogens is 3. The average Bonchev–Trinajstić information content (AvgIpc) is 3.15. The number of nitrogens with zero attached hydrogens (tertiary/aromatic N) is 4. The summed E-state index contributed by atoms with van der Waals surface area (Å²) in [7, 11) is 0. The van der Waals surface area contributed by atoms with E-state index in [2.05, 4.69) is 69.1 Å². The van der Waals surface area contributed by atoms with Crippen LogP contribution in [0.5, 0.6) is 0 Å². The van der Waals surface area contributed by atoms with Crippen LogP contribution in [0.4, 0.5) is 0 Å². The van der Waals surface area contributed by atoms with Crippen LogP contribution in [0.15, 0.2) is 48.5 Å². The Morgan fingerprint density at radius 1 is 1.17 bits per heavy atom. The van der Waals surface area contributed by atoms with Crippen molar-refractivity contribution in [1.29, 1.82) is 0 Å². The number of rotatable bonds is 6. The second kappa shape index (κ2) is 8.79. The van der Waals surface area contributed by atoms with Crippen LogP contribution in [0.2, 0.25) is 0 Å². The molecular formula is C24H29N5O. The van der Waals surface area contributed by atoms with Crippen LogP contribution in [-0.4, -0.2) is 38.4 Å². The van der Waals surface area contributed by atoms with Crippen LogP contribution >= 0.6 is 0 Å². The molecule has 1 atom stereocenters. The number of nitrogens with one attached hydrogen (secondary N) is 1. The molecule has 6 nitrogen and oxygen atoms in total. The summed E-state index contributed by atoms with van der Waals surface area (Å²) in [4.78, 5) is 15.0. The third kappa shape index (κ3) is 4.14. The van der Waals surface area contributed by atoms with E-state index in [0.29, 0.717) is 5.69 Å². The van der Waals surface area contributed by atoms with Gasteiger partial charge in [0.15, 0.2) is 5.69 Å². The van der Waals surface area contributed by atoms with Crippen LogP contribution in [0.1, 0.15) is 53.1 Å². The third-order valence-electron chi connectivity index (χ3n) is 5.90. The smallest absolute Gasteiger partial charge is 0.273 e. The third-order valence-corrected chi connectivity index (χ3v) is 5.90. The summed E-state index contributed by atoms with van der Waals surface area (Å²) < 4.78 is 1.82. The number of hydrogen-bond donors (Lipinski definition) is 1. The Hall–Kier alpha value is -2.99. The highest BCUT2D eigenvalue weighted by Gasteiger charge is 2.23. The molecule has 0 radical (unpaired) electrons. The van der Waals surface area contributed by atoms with Gasteiger partial charge in [0.2, 0.25) is 0 Å². The summed E-state index contributed by atoms with van der Waals surface area (Å²) in [5, 5.41) is 11.5. The molecule has 0 bridgehead atoms. The summed E-state index contributed by atoms with van der Waals surface area (Å²) in [5.74, 6) is -0.160. The molecular weight excluding hydrogens is 374 g/mol. The van der Waals surface area contributed by atoms with Gasteiger partial charge in [-0.2, -0.15) is 0 Å². The Kier molecular flexibility index (Phi) is 5.95. The number of carbonyl (C=O) groups excluding carboxylic acids is 1. The minimum atomic E-state index is -0.160. The number of benzene rings is 2. The Morgan fingerprint density at radius 2 is 1.97 bits per heavy atom. The lowest BCUT2D eigenvalue weighted by molar-refractivity contribution is 0.0933. The Balaban J connectivity index is 1.56. The zero-order valence-corrected chi connectivity index (χ0v) is 17.9. The molecule has 156 valence electrons. The van der Waals surface area contributed by atoms with E-state index in [1.165, 1.54) is 16.7 Å². The predicted octanol–water partition coefficient (Wildman–Crippen LogP) is 3.66. The maximum atomic E-state index is 12.6. The number of fused-ring (bicyclic) bond motifs is 1. The second-order valence-electron chi connectivity index (χ2n) is 8.08. The first kappa shape index (κ1) is 20.3. The van der Waals surface area contributed by atoms with E-state index in [4.69, 9.17) is 0 Å². The Morgan fingerprint density at radius 3 is 2.73 bits per heavy atom. The van der Waals surface area contributed by atoms with E-state index in [0.717, 1.165) is 43.9 Å². The molecule has 0 saturated heterocycles. The predicted molar refractivity (Wildman–Crippen MR) is 118 cm³/mol. The fourth-order valence-electron chi connectivity index (χ4n) is 3.98. The van der Waals surface area contributed by atoms with Crippen molar-refractivity contribution in [3.05, 3.63) is 76.6 Å². The molecule has 1 aliphatic heterocycles. The van der Waals surface area contributed by atoms with Crippen molar-refractivity contribution in [2.24, 2.45) is 0 Å². The van der Waals surface area contributed by atoms with Crippen molar-refractivity contribution in [3.8, 4) is 5.69 Å². The van der Waals surface area contributed by atoms with Gasteiger partial charge in [-0.3, -0.25) is 9.69 Å². The lowest BCUT2D eigenvalue weighted by Crippen LogP contribution is -2.32. The van der Waals surface area contributed by atoms with Crippen molar-refractivity contribution in [1.82, 2.24) is 25.2 Å². The molecule has 1 N–H and O–H groups in total. The standard InChI is InChI=1S/C24H29N5O/c1-4-17(2)25-24(30)23-18(3)29(27-26-23)22-12-8-11-20-16-28(14-13-21(20)22)15-19-9-6-5-7-10-19/h5-12,17H,4,13-16H2,1-3H3,(H,25,30)/t17-/m0/s1. The minimum Gasteiger partial charge on any atom is -0.348 e. The molecule has 0 aliphatic carbocycles. The van der Waals surface area contributed by atoms with Crippen molar-refractivity contribution in [3.63, 3.8) is 0 Å². The molecule has 0 unspecified atom stereocenters. The van der Waals surface area contributed by atoms with Crippen LogP contribution in [0.25, 0.3) is 5.69 Å². The van der Waals surface area contributed by atoms with Crippen molar-refractivity contribution < 1.29 is 4.79 Å². The van der Waals surface area contributed by atoms with E-state index in [1.807, 2.05) is 25.5 Å². The molecule has 0 saturated carbocycles. The van der Waals surface area contributed by atoms with Crippen molar-refractivity contribution >= 4 is 5.91 Å². The highest BCUT2D eigenvalue weighted by Crippen LogP contribution is 2.27. The van der Waals surface area contributed by atoms with Crippen LogP contribution in [0, 0.1) is 6.92 Å². The largest absolute Gasteiger partial charge is 0.348 e. The number of amides is 1. The molecule has 4 rings (SSSR count). The highest BCUT2D eigenvalue weighted by atomic mass is 16.2. The molecule has 30 heavy (non-hydrogen) atoms. The normalized spacial score (nSPS) is 14.9. The maximum absolute atomic E-state index is 12.6. The van der Waals surface area contributed by atoms with E-state index < -0.39 is 0 Å². The van der Waals surface area contributed by atoms with E-state index in [1.54, 1.807) is 0 Å². The summed E-state index contributed by atoms with van der Waals surface area (Å²) in [6, 6.07) is 17.0. The van der Waals surface area contributed by atoms with Gasteiger partial charge in [0.05, 0.1) is 11.4 Å². The molecule has 2 heterocycles. The van der Waals surface area contributed by atoms with Gasteiger partial charge in [-0.1, -0.05) is 54.6 Å². The minimum absolute atomic E-state index is 0.113. The lowest BCUT2D eigenvalue weighted by atomic mass is 9.97. The van der Waals surface area contributed by atoms with Gasteiger partial charge in [-0.25, -0.2) is 4.68 Å². The monoisotopic (exact) mass is 403 g/mol. The van der Waals surface area contributed by atoms with Gasteiger partial charge in [-0.15, -0.1) is 5.10 Å². The van der Waals surface area contributed by atoms with Gasteiger partial charge in [-0.05, 0) is 49.4 Å². The second-order valence-corrected chi connectivity index (χ2v) is 8.08. The molecule has 1 amide bonds. The average molecular weight is 404 g/mol. The zero-order valence-electron chi connectivity index (χ0n) is 17.9. The first-order valence-electron chi connectivity index (χ1n) is 10.7. The Labute approximate surface area is 177 Å². The van der Waals surface area contributed by atoms with Crippen LogP contribution in [0.3, 0.4) is 0 Å². The fraction of sp³-hybridized carbons (Fsp3) is 0.375. The summed E-state index contributed by atoms with van der Waals surface area (Å²) in [6.45, 7) is 8.81. The number of hydrogen-bond acceptors (Lipinski definition) is 4. The summed E-state index contributed by atoms with van der Waals surface area (Å²) in [5.41, 5.74) is 6.14. The molecule has 0 spiro atoms.